The average Bonchev–Trinajstić information content (AvgIpc) is 2.64. The molecule has 5 atom stereocenters. The number of ether oxygens (including phenoxy) is 4. The van der Waals surface area contributed by atoms with Gasteiger partial charge in [-0.05, 0) is 43.9 Å². The van der Waals surface area contributed by atoms with Crippen LogP contribution in [0.1, 0.15) is 32.1 Å². The first-order valence-corrected chi connectivity index (χ1v) is 10.9. The maximum Gasteiger partial charge on any atom is 0.469 e. The Hall–Kier alpha value is -0.310. The summed E-state index contributed by atoms with van der Waals surface area (Å²) in [6.45, 7) is 0. The van der Waals surface area contributed by atoms with Gasteiger partial charge in [0, 0.05) is 28.4 Å². The van der Waals surface area contributed by atoms with E-state index in [0.717, 1.165) is 19.3 Å². The van der Waals surface area contributed by atoms with Crippen molar-refractivity contribution in [3.63, 3.8) is 0 Å². The minimum Gasteiger partial charge on any atom is -0.379 e. The first-order valence-electron chi connectivity index (χ1n) is 9.34. The summed E-state index contributed by atoms with van der Waals surface area (Å²) in [6, 6.07) is 0. The van der Waals surface area contributed by atoms with E-state index < -0.39 is 13.9 Å². The molecule has 0 heterocycles. The Bertz CT molecular complexity index is 507. The average molecular weight is 408 g/mol. The van der Waals surface area contributed by atoms with Gasteiger partial charge in [0.25, 0.3) is 0 Å². The fraction of sp³-hybridized carbons (Fsp3) is 0.889. The highest BCUT2D eigenvalue weighted by Gasteiger charge is 2.38. The topological polar surface area (TPSA) is 104 Å². The minimum absolute atomic E-state index is 0.0293. The van der Waals surface area contributed by atoms with Gasteiger partial charge in [-0.2, -0.15) is 0 Å². The zero-order valence-corrected chi connectivity index (χ0v) is 17.4. The highest BCUT2D eigenvalue weighted by molar-refractivity contribution is 7.46. The van der Waals surface area contributed by atoms with Crippen molar-refractivity contribution >= 4 is 7.82 Å². The summed E-state index contributed by atoms with van der Waals surface area (Å²) < 4.78 is 38.2. The molecule has 0 aromatic rings. The van der Waals surface area contributed by atoms with Crippen LogP contribution in [-0.4, -0.2) is 68.7 Å². The van der Waals surface area contributed by atoms with Crippen LogP contribution in [-0.2, 0) is 28.0 Å². The third-order valence-corrected chi connectivity index (χ3v) is 6.23. The molecule has 9 heteroatoms. The van der Waals surface area contributed by atoms with E-state index in [4.69, 9.17) is 33.3 Å². The van der Waals surface area contributed by atoms with E-state index in [9.17, 15) is 4.57 Å². The summed E-state index contributed by atoms with van der Waals surface area (Å²) in [5, 5.41) is 0. The van der Waals surface area contributed by atoms with Crippen molar-refractivity contribution in [3.8, 4) is 0 Å². The van der Waals surface area contributed by atoms with Gasteiger partial charge in [-0.1, -0.05) is 12.2 Å². The van der Waals surface area contributed by atoms with Crippen LogP contribution in [0.4, 0.5) is 0 Å². The molecule has 2 N–H and O–H groups in total. The monoisotopic (exact) mass is 408 g/mol. The molecule has 0 aromatic carbocycles. The molecule has 0 aliphatic heterocycles. The van der Waals surface area contributed by atoms with Crippen LogP contribution >= 0.6 is 7.82 Å². The summed E-state index contributed by atoms with van der Waals surface area (Å²) in [5.41, 5.74) is 0. The largest absolute Gasteiger partial charge is 0.469 e. The number of rotatable bonds is 8. The molecule has 0 bridgehead atoms. The molecule has 0 saturated heterocycles. The Labute approximate surface area is 161 Å². The molecular weight excluding hydrogens is 375 g/mol. The summed E-state index contributed by atoms with van der Waals surface area (Å²) in [4.78, 5) is 18.3. The van der Waals surface area contributed by atoms with Crippen LogP contribution in [0.3, 0.4) is 0 Å². The molecule has 2 rings (SSSR count). The van der Waals surface area contributed by atoms with E-state index >= 15 is 0 Å². The fourth-order valence-electron chi connectivity index (χ4n) is 4.30. The van der Waals surface area contributed by atoms with Gasteiger partial charge in [-0.15, -0.1) is 0 Å². The van der Waals surface area contributed by atoms with Gasteiger partial charge < -0.3 is 28.7 Å². The van der Waals surface area contributed by atoms with Gasteiger partial charge in [0.1, 0.15) is 6.10 Å². The summed E-state index contributed by atoms with van der Waals surface area (Å²) >= 11 is 0. The minimum atomic E-state index is -4.54. The number of hydrogen-bond donors (Lipinski definition) is 2. The van der Waals surface area contributed by atoms with Gasteiger partial charge in [-0.3, -0.25) is 4.52 Å². The van der Waals surface area contributed by atoms with Crippen molar-refractivity contribution in [2.45, 2.75) is 62.6 Å². The second kappa shape index (κ2) is 10.5. The predicted molar refractivity (Wildman–Crippen MR) is 99.3 cm³/mol. The van der Waals surface area contributed by atoms with Crippen molar-refractivity contribution in [1.29, 1.82) is 0 Å². The first-order chi connectivity index (χ1) is 12.8. The van der Waals surface area contributed by atoms with E-state index in [2.05, 4.69) is 12.2 Å². The Morgan fingerprint density at radius 2 is 1.26 bits per heavy atom. The van der Waals surface area contributed by atoms with Crippen LogP contribution in [0.15, 0.2) is 12.2 Å². The normalized spacial score (nSPS) is 38.4. The maximum atomic E-state index is 11.2. The second-order valence-electron chi connectivity index (χ2n) is 7.35. The zero-order valence-electron chi connectivity index (χ0n) is 16.5. The highest BCUT2D eigenvalue weighted by Crippen LogP contribution is 2.43. The number of methoxy groups -OCH3 is 4. The number of phosphoric acid groups is 1. The molecule has 8 nitrogen and oxygen atoms in total. The molecule has 158 valence electrons. The van der Waals surface area contributed by atoms with E-state index in [1.54, 1.807) is 28.4 Å². The van der Waals surface area contributed by atoms with Crippen molar-refractivity contribution in [3.05, 3.63) is 12.2 Å². The molecule has 0 amide bonds. The Morgan fingerprint density at radius 1 is 0.741 bits per heavy atom. The number of allylic oxidation sites excluding steroid dienone is 2. The summed E-state index contributed by atoms with van der Waals surface area (Å²) in [7, 11) is 2.05. The lowest BCUT2D eigenvalue weighted by Crippen LogP contribution is -2.47. The van der Waals surface area contributed by atoms with E-state index in [-0.39, 0.29) is 30.3 Å². The van der Waals surface area contributed by atoms with Gasteiger partial charge in [0.05, 0.1) is 24.4 Å². The maximum absolute atomic E-state index is 11.2. The summed E-state index contributed by atoms with van der Waals surface area (Å²) in [5.74, 6) is 0.489. The summed E-state index contributed by atoms with van der Waals surface area (Å²) in [6.07, 6.45) is 7.09. The van der Waals surface area contributed by atoms with E-state index in [0.29, 0.717) is 18.8 Å². The third-order valence-electron chi connectivity index (χ3n) is 5.68. The zero-order chi connectivity index (χ0) is 20.0. The molecule has 2 fully saturated rings. The molecule has 0 radical (unpaired) electrons. The van der Waals surface area contributed by atoms with E-state index in [1.807, 2.05) is 0 Å². The van der Waals surface area contributed by atoms with Crippen molar-refractivity contribution in [2.75, 3.05) is 28.4 Å². The molecule has 0 spiro atoms. The van der Waals surface area contributed by atoms with Crippen molar-refractivity contribution < 1.29 is 37.8 Å². The Balaban J connectivity index is 1.99. The lowest BCUT2D eigenvalue weighted by molar-refractivity contribution is -0.136. The molecule has 5 unspecified atom stereocenters. The predicted octanol–water partition coefficient (Wildman–Crippen LogP) is 2.29. The fourth-order valence-corrected chi connectivity index (χ4v) is 4.87. The van der Waals surface area contributed by atoms with Crippen LogP contribution in [0.25, 0.3) is 0 Å². The molecule has 2 aliphatic carbocycles. The third kappa shape index (κ3) is 6.61. The first kappa shape index (κ1) is 23.0. The smallest absolute Gasteiger partial charge is 0.379 e. The standard InChI is InChI=1S/C18H33O8P/c1-22-14-8-7-12(9-15(14)26-27(19,20)21)5-6-13-10-16(23-2)18(25-4)17(11-13)24-3/h5-6,12-18H,7-11H2,1-4H3,(H2,19,20,21)/b6-5-. The second-order valence-corrected chi connectivity index (χ2v) is 8.54. The molecule has 2 saturated carbocycles. The quantitative estimate of drug-likeness (QED) is 0.466. The Kier molecular flexibility index (Phi) is 8.90. The molecule has 0 aromatic heterocycles. The molecule has 27 heavy (non-hydrogen) atoms. The number of hydrogen-bond acceptors (Lipinski definition) is 6. The number of phosphoric ester groups is 1. The van der Waals surface area contributed by atoms with Gasteiger partial charge in [0.2, 0.25) is 0 Å². The van der Waals surface area contributed by atoms with Crippen LogP contribution in [0.2, 0.25) is 0 Å². The van der Waals surface area contributed by atoms with Gasteiger partial charge >= 0.3 is 7.82 Å². The van der Waals surface area contributed by atoms with Crippen LogP contribution in [0.5, 0.6) is 0 Å². The highest BCUT2D eigenvalue weighted by atomic mass is 31.2. The van der Waals surface area contributed by atoms with Crippen LogP contribution in [0, 0.1) is 11.8 Å². The van der Waals surface area contributed by atoms with Gasteiger partial charge in [-0.25, -0.2) is 4.57 Å². The SMILES string of the molecule is COC1CCC(/C=C\C2CC(OC)C(OC)C(OC)C2)CC1OP(=O)(O)O. The van der Waals surface area contributed by atoms with Gasteiger partial charge in [0.15, 0.2) is 0 Å². The van der Waals surface area contributed by atoms with Crippen molar-refractivity contribution in [1.82, 2.24) is 0 Å². The lowest BCUT2D eigenvalue weighted by atomic mass is 9.80. The lowest BCUT2D eigenvalue weighted by Gasteiger charge is -2.39. The Morgan fingerprint density at radius 3 is 1.74 bits per heavy atom. The molecule has 2 aliphatic rings. The van der Waals surface area contributed by atoms with Crippen LogP contribution < -0.4 is 0 Å². The van der Waals surface area contributed by atoms with E-state index in [1.165, 1.54) is 0 Å². The van der Waals surface area contributed by atoms with Crippen molar-refractivity contribution in [2.24, 2.45) is 11.8 Å². The molecular formula is C18H33O8P.